The summed E-state index contributed by atoms with van der Waals surface area (Å²) in [7, 11) is 0. The molecule has 2 heterocycles. The lowest BCUT2D eigenvalue weighted by Crippen LogP contribution is -2.30. The first-order chi connectivity index (χ1) is 10.8. The second-order valence-corrected chi connectivity index (χ2v) is 6.36. The third kappa shape index (κ3) is 2.35. The highest BCUT2D eigenvalue weighted by Gasteiger charge is 2.22. The molecule has 1 atom stereocenters. The molecule has 0 aliphatic carbocycles. The van der Waals surface area contributed by atoms with Crippen LogP contribution in [0, 0.1) is 0 Å². The van der Waals surface area contributed by atoms with Crippen LogP contribution in [0.3, 0.4) is 0 Å². The number of thioether (sulfide) groups is 1. The van der Waals surface area contributed by atoms with E-state index in [1.807, 2.05) is 23.9 Å². The number of nitrogens with one attached hydrogen (secondary N) is 2. The van der Waals surface area contributed by atoms with Crippen molar-refractivity contribution in [3.05, 3.63) is 53.6 Å². The van der Waals surface area contributed by atoms with Crippen molar-refractivity contribution < 1.29 is 4.79 Å². The number of hydrogen-bond donors (Lipinski definition) is 2. The topological polar surface area (TPSA) is 70.7 Å². The normalized spacial score (nSPS) is 17.2. The van der Waals surface area contributed by atoms with Gasteiger partial charge in [-0.25, -0.2) is 0 Å². The highest BCUT2D eigenvalue weighted by Crippen LogP contribution is 2.35. The van der Waals surface area contributed by atoms with Gasteiger partial charge in [0.05, 0.1) is 6.04 Å². The molecule has 2 aromatic carbocycles. The molecule has 1 aliphatic heterocycles. The fourth-order valence-corrected chi connectivity index (χ4v) is 3.84. The molecule has 0 spiro atoms. The van der Waals surface area contributed by atoms with Crippen molar-refractivity contribution in [1.29, 1.82) is 0 Å². The first kappa shape index (κ1) is 13.3. The molecule has 22 heavy (non-hydrogen) atoms. The van der Waals surface area contributed by atoms with Crippen LogP contribution in [0.4, 0.5) is 0 Å². The van der Waals surface area contributed by atoms with E-state index in [1.54, 1.807) is 18.2 Å². The van der Waals surface area contributed by atoms with Gasteiger partial charge in [-0.05, 0) is 36.2 Å². The maximum atomic E-state index is 12.5. The van der Waals surface area contributed by atoms with E-state index in [2.05, 4.69) is 32.9 Å². The fourth-order valence-electron chi connectivity index (χ4n) is 2.72. The molecule has 0 fully saturated rings. The standard InChI is InChI=1S/C16H14N4OS/c21-16(10-5-6-13-14(9-10)19-20-18-13)17-12-7-8-22-15-4-2-1-3-11(12)15/h1-6,9,12H,7-8H2,(H,17,21)(H,18,19,20)/t12-/m1/s1. The highest BCUT2D eigenvalue weighted by atomic mass is 32.2. The lowest BCUT2D eigenvalue weighted by Gasteiger charge is -2.25. The zero-order valence-corrected chi connectivity index (χ0v) is 12.6. The Morgan fingerprint density at radius 3 is 3.00 bits per heavy atom. The molecule has 0 saturated carbocycles. The molecule has 1 aliphatic rings. The van der Waals surface area contributed by atoms with Crippen molar-refractivity contribution in [3.8, 4) is 0 Å². The summed E-state index contributed by atoms with van der Waals surface area (Å²) in [6.45, 7) is 0. The summed E-state index contributed by atoms with van der Waals surface area (Å²) in [4.78, 5) is 13.8. The van der Waals surface area contributed by atoms with Gasteiger partial charge >= 0.3 is 0 Å². The molecule has 1 aromatic heterocycles. The molecular weight excluding hydrogens is 296 g/mol. The summed E-state index contributed by atoms with van der Waals surface area (Å²) in [5.74, 6) is 0.946. The SMILES string of the molecule is O=C(N[C@@H]1CCSc2ccccc21)c1ccc2n[nH]nc2c1. The second-order valence-electron chi connectivity index (χ2n) is 5.23. The monoisotopic (exact) mass is 310 g/mol. The van der Waals surface area contributed by atoms with E-state index in [1.165, 1.54) is 10.5 Å². The predicted molar refractivity (Wildman–Crippen MR) is 85.9 cm³/mol. The first-order valence-corrected chi connectivity index (χ1v) is 8.13. The molecule has 5 nitrogen and oxygen atoms in total. The van der Waals surface area contributed by atoms with E-state index in [4.69, 9.17) is 0 Å². The van der Waals surface area contributed by atoms with Crippen LogP contribution in [0.2, 0.25) is 0 Å². The van der Waals surface area contributed by atoms with Gasteiger partial charge in [-0.3, -0.25) is 4.79 Å². The molecule has 6 heteroatoms. The van der Waals surface area contributed by atoms with Crippen molar-refractivity contribution in [1.82, 2.24) is 20.7 Å². The number of rotatable bonds is 2. The average Bonchev–Trinajstić information content (AvgIpc) is 3.02. The number of aromatic amines is 1. The Kier molecular flexibility index (Phi) is 3.31. The van der Waals surface area contributed by atoms with Crippen molar-refractivity contribution in [2.24, 2.45) is 0 Å². The number of carbonyl (C=O) groups is 1. The number of nitrogens with zero attached hydrogens (tertiary/aromatic N) is 2. The Hall–Kier alpha value is -2.34. The molecule has 0 saturated heterocycles. The van der Waals surface area contributed by atoms with Crippen LogP contribution in [0.1, 0.15) is 28.4 Å². The van der Waals surface area contributed by atoms with Crippen molar-refractivity contribution in [2.75, 3.05) is 5.75 Å². The van der Waals surface area contributed by atoms with Crippen LogP contribution in [0.15, 0.2) is 47.4 Å². The van der Waals surface area contributed by atoms with Crippen LogP contribution >= 0.6 is 11.8 Å². The molecule has 0 bridgehead atoms. The van der Waals surface area contributed by atoms with Gasteiger partial charge in [0.1, 0.15) is 11.0 Å². The van der Waals surface area contributed by atoms with E-state index in [-0.39, 0.29) is 11.9 Å². The quantitative estimate of drug-likeness (QED) is 0.763. The molecule has 0 radical (unpaired) electrons. The Balaban J connectivity index is 1.59. The number of amides is 1. The van der Waals surface area contributed by atoms with Crippen molar-refractivity contribution >= 4 is 28.7 Å². The third-order valence-corrected chi connectivity index (χ3v) is 4.96. The summed E-state index contributed by atoms with van der Waals surface area (Å²) in [5, 5.41) is 13.7. The summed E-state index contributed by atoms with van der Waals surface area (Å²) >= 11 is 1.84. The smallest absolute Gasteiger partial charge is 0.251 e. The van der Waals surface area contributed by atoms with E-state index in [9.17, 15) is 4.79 Å². The summed E-state index contributed by atoms with van der Waals surface area (Å²) < 4.78 is 0. The third-order valence-electron chi connectivity index (χ3n) is 3.84. The number of benzene rings is 2. The minimum absolute atomic E-state index is 0.0676. The molecule has 3 aromatic rings. The summed E-state index contributed by atoms with van der Waals surface area (Å²) in [6, 6.07) is 13.7. The first-order valence-electron chi connectivity index (χ1n) is 7.14. The minimum Gasteiger partial charge on any atom is -0.345 e. The minimum atomic E-state index is -0.0726. The molecule has 1 amide bonds. The van der Waals surface area contributed by atoms with Crippen LogP contribution < -0.4 is 5.32 Å². The fraction of sp³-hybridized carbons (Fsp3) is 0.188. The van der Waals surface area contributed by atoms with Gasteiger partial charge in [0.25, 0.3) is 5.91 Å². The average molecular weight is 310 g/mol. The number of fused-ring (bicyclic) bond motifs is 2. The Morgan fingerprint density at radius 2 is 2.05 bits per heavy atom. The Morgan fingerprint density at radius 1 is 1.18 bits per heavy atom. The second kappa shape index (κ2) is 5.46. The van der Waals surface area contributed by atoms with Crippen LogP contribution in [-0.2, 0) is 0 Å². The van der Waals surface area contributed by atoms with Crippen LogP contribution in [-0.4, -0.2) is 27.1 Å². The van der Waals surface area contributed by atoms with Crippen LogP contribution in [0.25, 0.3) is 11.0 Å². The highest BCUT2D eigenvalue weighted by molar-refractivity contribution is 7.99. The molecule has 4 rings (SSSR count). The summed E-state index contributed by atoms with van der Waals surface area (Å²) in [6.07, 6.45) is 0.944. The maximum absolute atomic E-state index is 12.5. The van der Waals surface area contributed by atoms with E-state index in [0.717, 1.165) is 17.7 Å². The molecule has 2 N–H and O–H groups in total. The maximum Gasteiger partial charge on any atom is 0.251 e. The van der Waals surface area contributed by atoms with Gasteiger partial charge in [0.15, 0.2) is 0 Å². The van der Waals surface area contributed by atoms with Crippen LogP contribution in [0.5, 0.6) is 0 Å². The van der Waals surface area contributed by atoms with Gasteiger partial charge in [-0.15, -0.1) is 11.8 Å². The van der Waals surface area contributed by atoms with Gasteiger partial charge in [-0.1, -0.05) is 18.2 Å². The zero-order chi connectivity index (χ0) is 14.9. The largest absolute Gasteiger partial charge is 0.345 e. The predicted octanol–water partition coefficient (Wildman–Crippen LogP) is 2.92. The number of aromatic nitrogens is 3. The van der Waals surface area contributed by atoms with Gasteiger partial charge < -0.3 is 5.32 Å². The molecular formula is C16H14N4OS. The number of H-pyrrole nitrogens is 1. The lowest BCUT2D eigenvalue weighted by molar-refractivity contribution is 0.0935. The van der Waals surface area contributed by atoms with E-state index in [0.29, 0.717) is 11.1 Å². The van der Waals surface area contributed by atoms with Gasteiger partial charge in [-0.2, -0.15) is 15.4 Å². The van der Waals surface area contributed by atoms with E-state index < -0.39 is 0 Å². The number of carbonyl (C=O) groups excluding carboxylic acids is 1. The number of hydrogen-bond acceptors (Lipinski definition) is 4. The summed E-state index contributed by atoms with van der Waals surface area (Å²) in [5.41, 5.74) is 3.27. The lowest BCUT2D eigenvalue weighted by atomic mass is 10.0. The van der Waals surface area contributed by atoms with Crippen molar-refractivity contribution in [2.45, 2.75) is 17.4 Å². The Labute approximate surface area is 131 Å². The van der Waals surface area contributed by atoms with E-state index >= 15 is 0 Å². The van der Waals surface area contributed by atoms with Crippen molar-refractivity contribution in [3.63, 3.8) is 0 Å². The van der Waals surface area contributed by atoms with Gasteiger partial charge in [0, 0.05) is 16.2 Å². The molecule has 0 unspecified atom stereocenters. The van der Waals surface area contributed by atoms with Gasteiger partial charge in [0.2, 0.25) is 0 Å². The zero-order valence-electron chi connectivity index (χ0n) is 11.7. The molecule has 110 valence electrons. The Bertz CT molecular complexity index is 845.